The first-order valence-corrected chi connectivity index (χ1v) is 10.8. The van der Waals surface area contributed by atoms with Gasteiger partial charge in [0.1, 0.15) is 17.1 Å². The summed E-state index contributed by atoms with van der Waals surface area (Å²) in [7, 11) is 0. The summed E-state index contributed by atoms with van der Waals surface area (Å²) in [5.41, 5.74) is 3.79. The van der Waals surface area contributed by atoms with Crippen molar-refractivity contribution >= 4 is 29.3 Å². The summed E-state index contributed by atoms with van der Waals surface area (Å²) in [6.45, 7) is 6.03. The number of carbonyl (C=O) groups excluding carboxylic acids is 2. The summed E-state index contributed by atoms with van der Waals surface area (Å²) in [5.74, 6) is 1.49. The topological polar surface area (TPSA) is 88.3 Å². The second-order valence-electron chi connectivity index (χ2n) is 7.51. The fourth-order valence-corrected chi connectivity index (χ4v) is 4.86. The van der Waals surface area contributed by atoms with Crippen LogP contribution in [0.5, 0.6) is 0 Å². The molecule has 4 rings (SSSR count). The predicted molar refractivity (Wildman–Crippen MR) is 111 cm³/mol. The molecular formula is C21H24N4O3S. The molecule has 1 saturated heterocycles. The minimum Gasteiger partial charge on any atom is -0.341 e. The number of amides is 2. The number of benzene rings is 1. The van der Waals surface area contributed by atoms with Crippen molar-refractivity contribution in [3.05, 3.63) is 52.7 Å². The van der Waals surface area contributed by atoms with Gasteiger partial charge in [0, 0.05) is 12.2 Å². The van der Waals surface area contributed by atoms with E-state index in [1.165, 1.54) is 0 Å². The highest BCUT2D eigenvalue weighted by molar-refractivity contribution is 8.00. The Balaban J connectivity index is 1.45. The highest BCUT2D eigenvalue weighted by Gasteiger charge is 2.53. The van der Waals surface area contributed by atoms with E-state index in [9.17, 15) is 9.59 Å². The van der Waals surface area contributed by atoms with Gasteiger partial charge in [0.15, 0.2) is 5.82 Å². The van der Waals surface area contributed by atoms with Gasteiger partial charge in [-0.1, -0.05) is 41.9 Å². The van der Waals surface area contributed by atoms with E-state index in [4.69, 9.17) is 4.52 Å². The van der Waals surface area contributed by atoms with Gasteiger partial charge in [-0.15, -0.1) is 11.8 Å². The molecule has 7 nitrogen and oxygen atoms in total. The maximum atomic E-state index is 12.9. The van der Waals surface area contributed by atoms with Crippen LogP contribution in [0.15, 0.2) is 34.4 Å². The van der Waals surface area contributed by atoms with Crippen molar-refractivity contribution in [2.75, 3.05) is 5.75 Å². The number of aromatic nitrogens is 2. The lowest BCUT2D eigenvalue weighted by atomic mass is 10.0. The molecule has 0 spiro atoms. The van der Waals surface area contributed by atoms with Crippen molar-refractivity contribution in [1.82, 2.24) is 20.4 Å². The number of fused-ring (bicyclic) bond motifs is 1. The number of hydrogen-bond acceptors (Lipinski definition) is 6. The van der Waals surface area contributed by atoms with E-state index in [0.29, 0.717) is 17.4 Å². The molecular weight excluding hydrogens is 388 g/mol. The van der Waals surface area contributed by atoms with Crippen LogP contribution in [-0.2, 0) is 22.4 Å². The Bertz CT molecular complexity index is 967. The molecule has 2 atom stereocenters. The SMILES string of the molecule is CCCc1noc(C2=C(C)CS[C@@H]3[C@H](NC(=O)Cc4ccc(C)cc4)C(=O)N23)n1. The quantitative estimate of drug-likeness (QED) is 0.734. The molecule has 2 aromatic rings. The summed E-state index contributed by atoms with van der Waals surface area (Å²) >= 11 is 1.64. The number of thioether (sulfide) groups is 1. The molecule has 0 radical (unpaired) electrons. The van der Waals surface area contributed by atoms with E-state index in [0.717, 1.165) is 35.3 Å². The molecule has 1 N–H and O–H groups in total. The third-order valence-corrected chi connectivity index (χ3v) is 6.53. The van der Waals surface area contributed by atoms with Crippen LogP contribution in [-0.4, -0.2) is 44.0 Å². The van der Waals surface area contributed by atoms with Crippen LogP contribution in [0.3, 0.4) is 0 Å². The van der Waals surface area contributed by atoms with Crippen LogP contribution in [0.4, 0.5) is 0 Å². The van der Waals surface area contributed by atoms with Crippen molar-refractivity contribution in [2.45, 2.75) is 51.4 Å². The fraction of sp³-hybridized carbons (Fsp3) is 0.429. The summed E-state index contributed by atoms with van der Waals surface area (Å²) in [6, 6.07) is 7.30. The van der Waals surface area contributed by atoms with Crippen LogP contribution in [0.1, 0.15) is 43.1 Å². The number of β-lactam (4-membered cyclic amide) rings is 1. The van der Waals surface area contributed by atoms with Gasteiger partial charge in [0.05, 0.1) is 6.42 Å². The Morgan fingerprint density at radius 3 is 2.79 bits per heavy atom. The van der Waals surface area contributed by atoms with Crippen molar-refractivity contribution in [1.29, 1.82) is 0 Å². The van der Waals surface area contributed by atoms with E-state index in [2.05, 4.69) is 22.4 Å². The second kappa shape index (κ2) is 8.02. The van der Waals surface area contributed by atoms with Crippen molar-refractivity contribution in [3.8, 4) is 0 Å². The van der Waals surface area contributed by atoms with Crippen LogP contribution < -0.4 is 5.32 Å². The van der Waals surface area contributed by atoms with E-state index in [-0.39, 0.29) is 23.6 Å². The van der Waals surface area contributed by atoms with Crippen LogP contribution >= 0.6 is 11.8 Å². The molecule has 2 amide bonds. The molecule has 1 fully saturated rings. The maximum absolute atomic E-state index is 12.9. The van der Waals surface area contributed by atoms with Crippen molar-refractivity contribution in [2.24, 2.45) is 0 Å². The molecule has 0 saturated carbocycles. The molecule has 0 aliphatic carbocycles. The molecule has 1 aromatic heterocycles. The van der Waals surface area contributed by atoms with E-state index < -0.39 is 6.04 Å². The maximum Gasteiger partial charge on any atom is 0.274 e. The Morgan fingerprint density at radius 1 is 1.31 bits per heavy atom. The Morgan fingerprint density at radius 2 is 2.07 bits per heavy atom. The zero-order valence-corrected chi connectivity index (χ0v) is 17.6. The minimum absolute atomic E-state index is 0.135. The van der Waals surface area contributed by atoms with Gasteiger partial charge in [-0.3, -0.25) is 14.5 Å². The summed E-state index contributed by atoms with van der Waals surface area (Å²) < 4.78 is 5.42. The third kappa shape index (κ3) is 3.81. The van der Waals surface area contributed by atoms with Crippen LogP contribution in [0.25, 0.3) is 5.70 Å². The van der Waals surface area contributed by atoms with Crippen LogP contribution in [0, 0.1) is 6.92 Å². The Labute approximate surface area is 173 Å². The summed E-state index contributed by atoms with van der Waals surface area (Å²) in [4.78, 5) is 31.5. The molecule has 0 unspecified atom stereocenters. The Kier molecular flexibility index (Phi) is 5.45. The smallest absolute Gasteiger partial charge is 0.274 e. The first-order chi connectivity index (χ1) is 14.0. The lowest BCUT2D eigenvalue weighted by Crippen LogP contribution is -2.69. The molecule has 152 valence electrons. The molecule has 8 heteroatoms. The van der Waals surface area contributed by atoms with Crippen LogP contribution in [0.2, 0.25) is 0 Å². The molecule has 2 aliphatic rings. The Hall–Kier alpha value is -2.61. The highest BCUT2D eigenvalue weighted by Crippen LogP contribution is 2.43. The number of carbonyl (C=O) groups is 2. The fourth-order valence-electron chi connectivity index (χ4n) is 3.57. The van der Waals surface area contributed by atoms with Gasteiger partial charge in [-0.2, -0.15) is 4.98 Å². The standard InChI is InChI=1S/C21H24N4O3S/c1-4-5-15-22-19(28-24-15)18-13(3)11-29-21-17(20(27)25(18)21)23-16(26)10-14-8-6-12(2)7-9-14/h6-9,17,21H,4-5,10-11H2,1-3H3,(H,23,26)/t17-,21-/m1/s1. The molecule has 1 aromatic carbocycles. The average molecular weight is 413 g/mol. The minimum atomic E-state index is -0.529. The largest absolute Gasteiger partial charge is 0.341 e. The number of rotatable bonds is 6. The molecule has 0 bridgehead atoms. The third-order valence-electron chi connectivity index (χ3n) is 5.10. The van der Waals surface area contributed by atoms with Gasteiger partial charge in [0.2, 0.25) is 5.91 Å². The van der Waals surface area contributed by atoms with E-state index >= 15 is 0 Å². The van der Waals surface area contributed by atoms with Crippen molar-refractivity contribution in [3.63, 3.8) is 0 Å². The number of nitrogens with one attached hydrogen (secondary N) is 1. The van der Waals surface area contributed by atoms with Crippen molar-refractivity contribution < 1.29 is 14.1 Å². The lowest BCUT2D eigenvalue weighted by molar-refractivity contribution is -0.143. The van der Waals surface area contributed by atoms with Gasteiger partial charge in [-0.25, -0.2) is 0 Å². The number of aryl methyl sites for hydroxylation is 2. The molecule has 3 heterocycles. The monoisotopic (exact) mass is 412 g/mol. The molecule has 2 aliphatic heterocycles. The number of hydrogen-bond donors (Lipinski definition) is 1. The van der Waals surface area contributed by atoms with Gasteiger partial charge in [0.25, 0.3) is 11.8 Å². The summed E-state index contributed by atoms with van der Waals surface area (Å²) in [6.07, 6.45) is 1.92. The second-order valence-corrected chi connectivity index (χ2v) is 8.62. The normalized spacial score (nSPS) is 21.1. The van der Waals surface area contributed by atoms with E-state index in [1.54, 1.807) is 16.7 Å². The summed E-state index contributed by atoms with van der Waals surface area (Å²) in [5, 5.41) is 6.76. The lowest BCUT2D eigenvalue weighted by Gasteiger charge is -2.49. The predicted octanol–water partition coefficient (Wildman–Crippen LogP) is 2.70. The van der Waals surface area contributed by atoms with Gasteiger partial charge < -0.3 is 9.84 Å². The zero-order valence-electron chi connectivity index (χ0n) is 16.8. The first-order valence-electron chi connectivity index (χ1n) is 9.80. The number of nitrogens with zero attached hydrogens (tertiary/aromatic N) is 3. The zero-order chi connectivity index (χ0) is 20.5. The first kappa shape index (κ1) is 19.7. The molecule has 29 heavy (non-hydrogen) atoms. The van der Waals surface area contributed by atoms with Gasteiger partial charge >= 0.3 is 0 Å². The van der Waals surface area contributed by atoms with E-state index in [1.807, 2.05) is 38.1 Å². The average Bonchev–Trinajstić information content (AvgIpc) is 3.16. The van der Waals surface area contributed by atoms with Gasteiger partial charge in [-0.05, 0) is 31.4 Å². The highest BCUT2D eigenvalue weighted by atomic mass is 32.2.